The molecule has 0 bridgehead atoms. The maximum atomic E-state index is 13.1. The van der Waals surface area contributed by atoms with Gasteiger partial charge in [0.2, 0.25) is 0 Å². The molecule has 0 unspecified atom stereocenters. The van der Waals surface area contributed by atoms with Crippen molar-refractivity contribution in [3.63, 3.8) is 0 Å². The van der Waals surface area contributed by atoms with Crippen molar-refractivity contribution in [3.8, 4) is 0 Å². The highest BCUT2D eigenvalue weighted by molar-refractivity contribution is 6.31. The molecule has 2 aromatic rings. The Bertz CT molecular complexity index is 708. The highest BCUT2D eigenvalue weighted by Gasteiger charge is 2.28. The fourth-order valence-corrected chi connectivity index (χ4v) is 3.42. The van der Waals surface area contributed by atoms with Gasteiger partial charge in [-0.05, 0) is 30.5 Å². The topological polar surface area (TPSA) is 32.5 Å². The quantitative estimate of drug-likeness (QED) is 0.824. The zero-order valence-corrected chi connectivity index (χ0v) is 14.3. The summed E-state index contributed by atoms with van der Waals surface area (Å²) in [6, 6.07) is 6.75. The highest BCUT2D eigenvalue weighted by Crippen LogP contribution is 2.40. The van der Waals surface area contributed by atoms with Gasteiger partial charge in [0, 0.05) is 56.3 Å². The average molecular weight is 350 g/mol. The molecule has 24 heavy (non-hydrogen) atoms. The molecule has 128 valence electrons. The maximum absolute atomic E-state index is 13.1. The van der Waals surface area contributed by atoms with Crippen LogP contribution in [0.5, 0.6) is 0 Å². The second-order valence-electron chi connectivity index (χ2n) is 6.78. The third-order valence-corrected chi connectivity index (χ3v) is 5.17. The molecule has 0 N–H and O–H groups in total. The van der Waals surface area contributed by atoms with Crippen LogP contribution in [0.3, 0.4) is 0 Å². The van der Waals surface area contributed by atoms with E-state index in [1.54, 1.807) is 6.07 Å². The van der Waals surface area contributed by atoms with E-state index in [1.165, 1.54) is 25.0 Å². The normalized spacial score (nSPS) is 19.8. The van der Waals surface area contributed by atoms with E-state index in [0.717, 1.165) is 56.3 Å². The standard InChI is InChI=1S/C18H21ClFN3O/c19-17-9-15(20)4-3-14(17)11-22-5-7-23(8-6-22)12-16-10-18(24-21-16)13-1-2-13/h3-4,9-10,13H,1-2,5-8,11-12H2. The Labute approximate surface area is 146 Å². The summed E-state index contributed by atoms with van der Waals surface area (Å²) < 4.78 is 18.5. The molecule has 1 aromatic heterocycles. The molecule has 1 aliphatic carbocycles. The van der Waals surface area contributed by atoms with Crippen LogP contribution in [0.4, 0.5) is 4.39 Å². The summed E-state index contributed by atoms with van der Waals surface area (Å²) in [5.74, 6) is 1.38. The van der Waals surface area contributed by atoms with Crippen molar-refractivity contribution in [2.75, 3.05) is 26.2 Å². The van der Waals surface area contributed by atoms with E-state index < -0.39 is 0 Å². The number of hydrogen-bond acceptors (Lipinski definition) is 4. The molecule has 1 aliphatic heterocycles. The van der Waals surface area contributed by atoms with E-state index in [9.17, 15) is 4.39 Å². The summed E-state index contributed by atoms with van der Waals surface area (Å²) in [5, 5.41) is 4.70. The molecule has 4 rings (SSSR count). The van der Waals surface area contributed by atoms with Crippen LogP contribution in [0.25, 0.3) is 0 Å². The summed E-state index contributed by atoms with van der Waals surface area (Å²) in [6.45, 7) is 5.54. The summed E-state index contributed by atoms with van der Waals surface area (Å²) in [5.41, 5.74) is 2.02. The predicted octanol–water partition coefficient (Wildman–Crippen LogP) is 3.66. The Hall–Kier alpha value is -1.43. The Morgan fingerprint density at radius 1 is 1.08 bits per heavy atom. The summed E-state index contributed by atoms with van der Waals surface area (Å²) >= 11 is 6.12. The van der Waals surface area contributed by atoms with Crippen LogP contribution in [0.2, 0.25) is 5.02 Å². The minimum atomic E-state index is -0.285. The van der Waals surface area contributed by atoms with Gasteiger partial charge in [0.15, 0.2) is 0 Å². The second-order valence-corrected chi connectivity index (χ2v) is 7.19. The van der Waals surface area contributed by atoms with Crippen molar-refractivity contribution in [1.29, 1.82) is 0 Å². The van der Waals surface area contributed by atoms with Gasteiger partial charge >= 0.3 is 0 Å². The number of piperazine rings is 1. The van der Waals surface area contributed by atoms with Crippen LogP contribution in [-0.2, 0) is 13.1 Å². The monoisotopic (exact) mass is 349 g/mol. The van der Waals surface area contributed by atoms with Crippen LogP contribution < -0.4 is 0 Å². The van der Waals surface area contributed by atoms with Crippen molar-refractivity contribution in [1.82, 2.24) is 15.0 Å². The number of halogens is 2. The molecule has 2 heterocycles. The molecule has 1 saturated heterocycles. The molecule has 4 nitrogen and oxygen atoms in total. The minimum absolute atomic E-state index is 0.285. The van der Waals surface area contributed by atoms with Gasteiger partial charge in [0.1, 0.15) is 11.6 Å². The Morgan fingerprint density at radius 2 is 1.79 bits per heavy atom. The lowest BCUT2D eigenvalue weighted by Gasteiger charge is -2.34. The first-order valence-corrected chi connectivity index (χ1v) is 8.89. The molecule has 0 spiro atoms. The molecule has 0 atom stereocenters. The Kier molecular flexibility index (Phi) is 4.57. The molecular formula is C18H21ClFN3O. The van der Waals surface area contributed by atoms with Gasteiger partial charge in [0.05, 0.1) is 5.69 Å². The van der Waals surface area contributed by atoms with Gasteiger partial charge in [0.25, 0.3) is 0 Å². The molecule has 6 heteroatoms. The molecule has 0 amide bonds. The zero-order valence-electron chi connectivity index (χ0n) is 13.5. The number of nitrogens with zero attached hydrogens (tertiary/aromatic N) is 3. The SMILES string of the molecule is Fc1ccc(CN2CCN(Cc3cc(C4CC4)on3)CC2)c(Cl)c1. The minimum Gasteiger partial charge on any atom is -0.361 e. The van der Waals surface area contributed by atoms with Crippen LogP contribution in [0.15, 0.2) is 28.8 Å². The number of aromatic nitrogens is 1. The van der Waals surface area contributed by atoms with Crippen molar-refractivity contribution in [2.45, 2.75) is 31.8 Å². The Morgan fingerprint density at radius 3 is 2.46 bits per heavy atom. The fraction of sp³-hybridized carbons (Fsp3) is 0.500. The van der Waals surface area contributed by atoms with Gasteiger partial charge in [-0.3, -0.25) is 9.80 Å². The lowest BCUT2D eigenvalue weighted by Crippen LogP contribution is -2.45. The third-order valence-electron chi connectivity index (χ3n) is 4.82. The fourth-order valence-electron chi connectivity index (χ4n) is 3.19. The van der Waals surface area contributed by atoms with Crippen molar-refractivity contribution in [3.05, 3.63) is 52.1 Å². The molecule has 0 radical (unpaired) electrons. The smallest absolute Gasteiger partial charge is 0.140 e. The van der Waals surface area contributed by atoms with E-state index in [-0.39, 0.29) is 5.82 Å². The zero-order chi connectivity index (χ0) is 16.5. The largest absolute Gasteiger partial charge is 0.361 e. The lowest BCUT2D eigenvalue weighted by molar-refractivity contribution is 0.120. The van der Waals surface area contributed by atoms with Gasteiger partial charge < -0.3 is 4.52 Å². The van der Waals surface area contributed by atoms with E-state index in [1.807, 2.05) is 0 Å². The molecule has 2 fully saturated rings. The number of benzene rings is 1. The molecule has 1 saturated carbocycles. The van der Waals surface area contributed by atoms with Gasteiger partial charge in [-0.15, -0.1) is 0 Å². The summed E-state index contributed by atoms with van der Waals surface area (Å²) in [6.07, 6.45) is 2.47. The molecular weight excluding hydrogens is 329 g/mol. The van der Waals surface area contributed by atoms with Crippen molar-refractivity contribution in [2.24, 2.45) is 0 Å². The van der Waals surface area contributed by atoms with Crippen LogP contribution in [-0.4, -0.2) is 41.1 Å². The second kappa shape index (κ2) is 6.82. The molecule has 1 aromatic carbocycles. The van der Waals surface area contributed by atoms with E-state index >= 15 is 0 Å². The number of hydrogen-bond donors (Lipinski definition) is 0. The van der Waals surface area contributed by atoms with Crippen LogP contribution in [0.1, 0.15) is 35.8 Å². The highest BCUT2D eigenvalue weighted by atomic mass is 35.5. The first-order chi connectivity index (χ1) is 11.7. The third kappa shape index (κ3) is 3.79. The summed E-state index contributed by atoms with van der Waals surface area (Å²) in [7, 11) is 0. The van der Waals surface area contributed by atoms with Crippen molar-refractivity contribution < 1.29 is 8.91 Å². The maximum Gasteiger partial charge on any atom is 0.140 e. The van der Waals surface area contributed by atoms with Crippen LogP contribution in [0, 0.1) is 5.82 Å². The van der Waals surface area contributed by atoms with Gasteiger partial charge in [-0.1, -0.05) is 22.8 Å². The summed E-state index contributed by atoms with van der Waals surface area (Å²) in [4.78, 5) is 4.76. The van der Waals surface area contributed by atoms with E-state index in [2.05, 4.69) is 21.0 Å². The van der Waals surface area contributed by atoms with Crippen molar-refractivity contribution >= 4 is 11.6 Å². The Balaban J connectivity index is 1.28. The van der Waals surface area contributed by atoms with E-state index in [4.69, 9.17) is 16.1 Å². The van der Waals surface area contributed by atoms with Crippen LogP contribution >= 0.6 is 11.6 Å². The van der Waals surface area contributed by atoms with E-state index in [0.29, 0.717) is 10.9 Å². The first kappa shape index (κ1) is 16.1. The predicted molar refractivity (Wildman–Crippen MR) is 90.4 cm³/mol. The lowest BCUT2D eigenvalue weighted by atomic mass is 10.2. The van der Waals surface area contributed by atoms with Gasteiger partial charge in [-0.25, -0.2) is 4.39 Å². The average Bonchev–Trinajstić information content (AvgIpc) is 3.32. The van der Waals surface area contributed by atoms with Gasteiger partial charge in [-0.2, -0.15) is 0 Å². The first-order valence-electron chi connectivity index (χ1n) is 8.51. The number of rotatable bonds is 5. The molecule has 2 aliphatic rings.